The molecule has 1 N–H and O–H groups in total. The van der Waals surface area contributed by atoms with Crippen molar-refractivity contribution in [2.24, 2.45) is 5.41 Å². The lowest BCUT2D eigenvalue weighted by atomic mass is 9.62. The van der Waals surface area contributed by atoms with E-state index in [1.165, 1.54) is 41.1 Å². The van der Waals surface area contributed by atoms with Crippen molar-refractivity contribution in [2.45, 2.75) is 120 Å². The van der Waals surface area contributed by atoms with Gasteiger partial charge in [0.05, 0.1) is 6.54 Å². The number of carboxylic acids is 1. The van der Waals surface area contributed by atoms with Crippen LogP contribution in [0.2, 0.25) is 0 Å². The van der Waals surface area contributed by atoms with Gasteiger partial charge in [-0.1, -0.05) is 75.7 Å². The first-order valence-corrected chi connectivity index (χ1v) is 17.2. The Morgan fingerprint density at radius 3 is 2.35 bits per heavy atom. The second-order valence-corrected chi connectivity index (χ2v) is 12.2. The smallest absolute Gasteiger partial charge is 0.300 e. The Bertz CT molecular complexity index is 1480. The largest absolute Gasteiger partial charge is 0.485 e. The first-order valence-electron chi connectivity index (χ1n) is 17.2. The zero-order valence-electron chi connectivity index (χ0n) is 30.4. The monoisotopic (exact) mass is 632 g/mol. The maximum absolute atomic E-state index is 12.0. The maximum Gasteiger partial charge on any atom is 0.300 e. The lowest BCUT2D eigenvalue weighted by molar-refractivity contribution is -0.696. The Morgan fingerprint density at radius 2 is 1.74 bits per heavy atom. The molecule has 1 aromatic heterocycles. The molecule has 2 atom stereocenters. The third-order valence-electron chi connectivity index (χ3n) is 8.61. The van der Waals surface area contributed by atoms with E-state index in [4.69, 9.17) is 14.6 Å². The van der Waals surface area contributed by atoms with Crippen molar-refractivity contribution in [1.82, 2.24) is 4.57 Å². The molecule has 3 aliphatic heterocycles. The number of allylic oxidation sites excluding steroid dienone is 4. The molecular weight excluding hydrogens is 574 g/mol. The summed E-state index contributed by atoms with van der Waals surface area (Å²) in [5, 5.41) is 7.42. The molecule has 7 heteroatoms. The van der Waals surface area contributed by atoms with Crippen molar-refractivity contribution in [2.75, 3.05) is 11.4 Å². The van der Waals surface area contributed by atoms with E-state index >= 15 is 0 Å². The van der Waals surface area contributed by atoms with E-state index in [1.807, 2.05) is 47.6 Å². The van der Waals surface area contributed by atoms with E-state index in [2.05, 4.69) is 91.6 Å². The number of hydrogen-bond acceptors (Lipinski definition) is 4. The Kier molecular flexibility index (Phi) is 13.8. The Labute approximate surface area is 278 Å². The van der Waals surface area contributed by atoms with Gasteiger partial charge in [-0.25, -0.2) is 9.13 Å². The summed E-state index contributed by atoms with van der Waals surface area (Å²) in [5.41, 5.74) is 7.24. The second-order valence-electron chi connectivity index (χ2n) is 12.2. The fourth-order valence-corrected chi connectivity index (χ4v) is 6.19. The Balaban J connectivity index is 0.000000664. The molecule has 6 rings (SSSR count). The highest BCUT2D eigenvalue weighted by Gasteiger charge is 2.54. The number of nitrogens with zero attached hydrogens (tertiary/aromatic N) is 3. The number of aliphatic carboxylic acids is 1. The number of rotatable bonds is 4. The summed E-state index contributed by atoms with van der Waals surface area (Å²) in [4.78, 5) is 23.5. The quantitative estimate of drug-likeness (QED) is 0.341. The summed E-state index contributed by atoms with van der Waals surface area (Å²) in [6.45, 7) is 26.7. The zero-order valence-corrected chi connectivity index (χ0v) is 30.4. The third kappa shape index (κ3) is 7.73. The first-order chi connectivity index (χ1) is 21.9. The van der Waals surface area contributed by atoms with Crippen molar-refractivity contribution in [1.29, 1.82) is 0 Å². The molecule has 46 heavy (non-hydrogen) atoms. The summed E-state index contributed by atoms with van der Waals surface area (Å²) in [6, 6.07) is 6.95. The molecule has 0 fully saturated rings. The van der Waals surface area contributed by atoms with Gasteiger partial charge in [-0.15, -0.1) is 0 Å². The highest BCUT2D eigenvalue weighted by atomic mass is 16.5. The van der Waals surface area contributed by atoms with Crippen molar-refractivity contribution < 1.29 is 24.0 Å². The summed E-state index contributed by atoms with van der Waals surface area (Å²) in [7, 11) is 0. The summed E-state index contributed by atoms with van der Waals surface area (Å²) >= 11 is 0. The molecule has 0 spiro atoms. The summed E-state index contributed by atoms with van der Waals surface area (Å²) in [6.07, 6.45) is 17.2. The van der Waals surface area contributed by atoms with Crippen molar-refractivity contribution in [3.8, 4) is 5.69 Å². The number of fused-ring (bicyclic) bond motifs is 5. The molecule has 1 aromatic carbocycles. The number of imidazole rings is 1. The van der Waals surface area contributed by atoms with E-state index in [-0.39, 0.29) is 22.7 Å². The number of carbonyl (C=O) groups is 2. The minimum atomic E-state index is -0.833. The van der Waals surface area contributed by atoms with E-state index in [9.17, 15) is 4.79 Å². The lowest BCUT2D eigenvalue weighted by Gasteiger charge is -2.46. The highest BCUT2D eigenvalue weighted by molar-refractivity contribution is 6.02. The molecule has 252 valence electrons. The molecule has 7 nitrogen and oxygen atoms in total. The minimum absolute atomic E-state index is 0.00273. The van der Waals surface area contributed by atoms with Gasteiger partial charge in [-0.05, 0) is 60.8 Å². The van der Waals surface area contributed by atoms with E-state index in [1.54, 1.807) is 12.2 Å². The number of aromatic nitrogens is 2. The molecule has 2 unspecified atom stereocenters. The average molecular weight is 633 g/mol. The van der Waals surface area contributed by atoms with Crippen LogP contribution in [0.4, 0.5) is 5.69 Å². The van der Waals surface area contributed by atoms with Crippen molar-refractivity contribution in [3.05, 3.63) is 89.4 Å². The number of benzene rings is 1. The molecule has 2 aromatic rings. The van der Waals surface area contributed by atoms with Crippen LogP contribution < -0.4 is 9.47 Å². The van der Waals surface area contributed by atoms with Crippen molar-refractivity contribution >= 4 is 17.4 Å². The number of unbranched alkanes of at least 4 members (excludes halogenated alkanes) is 1. The summed E-state index contributed by atoms with van der Waals surface area (Å²) < 4.78 is 10.9. The topological polar surface area (TPSA) is 75.6 Å². The minimum Gasteiger partial charge on any atom is -0.485 e. The first kappa shape index (κ1) is 38.3. The predicted octanol–water partition coefficient (Wildman–Crippen LogP) is 8.86. The fraction of sp³-hybridized carbons (Fsp3) is 0.513. The molecule has 0 saturated carbocycles. The number of aryl methyl sites for hydroxylation is 1. The van der Waals surface area contributed by atoms with Gasteiger partial charge in [-0.2, -0.15) is 0 Å². The van der Waals surface area contributed by atoms with Gasteiger partial charge < -0.3 is 14.7 Å². The molecule has 4 heterocycles. The molecule has 0 saturated heterocycles. The van der Waals surface area contributed by atoms with Crippen LogP contribution in [0.25, 0.3) is 5.69 Å². The van der Waals surface area contributed by atoms with Crippen LogP contribution in [-0.2, 0) is 26.3 Å². The van der Waals surface area contributed by atoms with Gasteiger partial charge in [-0.3, -0.25) is 9.59 Å². The lowest BCUT2D eigenvalue weighted by Crippen LogP contribution is -2.45. The number of carboxylic acid groups (broad SMARTS) is 1. The van der Waals surface area contributed by atoms with Crippen LogP contribution in [-0.4, -0.2) is 34.1 Å². The second kappa shape index (κ2) is 16.6. The van der Waals surface area contributed by atoms with Gasteiger partial charge in [0.1, 0.15) is 29.9 Å². The van der Waals surface area contributed by atoms with Crippen molar-refractivity contribution in [3.63, 3.8) is 0 Å². The molecule has 0 bridgehead atoms. The van der Waals surface area contributed by atoms with Crippen LogP contribution in [0.15, 0.2) is 83.8 Å². The fourth-order valence-electron chi connectivity index (χ4n) is 6.19. The van der Waals surface area contributed by atoms with Gasteiger partial charge in [0, 0.05) is 53.9 Å². The number of ketones is 1. The normalized spacial score (nSPS) is 20.1. The molecule has 0 amide bonds. The van der Waals surface area contributed by atoms with Gasteiger partial charge in [0.25, 0.3) is 5.97 Å². The van der Waals surface area contributed by atoms with Crippen LogP contribution >= 0.6 is 0 Å². The predicted molar refractivity (Wildman–Crippen MR) is 189 cm³/mol. The number of anilines is 1. The average Bonchev–Trinajstić information content (AvgIpc) is 3.63. The molecule has 0 radical (unpaired) electrons. The summed E-state index contributed by atoms with van der Waals surface area (Å²) in [5.74, 6) is -0.124. The number of ether oxygens (including phenoxy) is 1. The van der Waals surface area contributed by atoms with Crippen LogP contribution in [0.5, 0.6) is 0 Å². The Hall–Kier alpha value is -3.87. The van der Waals surface area contributed by atoms with E-state index < -0.39 is 5.97 Å². The standard InChI is InChI=1S/C31H36N3O2.C2H4O2.3C2H6/c1-6-7-13-32-15-16-33(20-32)22-9-11-26-25(18-22)31(5,30(2,3)4)29-24-17-21-8-10-23(35)19-28(21)36-27(24)12-14-34(26)29;1-2(3)4;3*1-2/h8-11,15-20,27H,6-7,12-14H2,1-5H3;1H3,(H,3,4);3*1-2H3/q+1;;;;. The van der Waals surface area contributed by atoms with Crippen LogP contribution in [0.3, 0.4) is 0 Å². The Morgan fingerprint density at radius 1 is 1.09 bits per heavy atom. The molecule has 4 aliphatic rings. The highest BCUT2D eigenvalue weighted by Crippen LogP contribution is 2.60. The number of hydrogen-bond donors (Lipinski definition) is 1. The van der Waals surface area contributed by atoms with Crippen LogP contribution in [0.1, 0.15) is 108 Å². The van der Waals surface area contributed by atoms with E-state index in [0.717, 1.165) is 32.0 Å². The van der Waals surface area contributed by atoms with E-state index in [0.29, 0.717) is 5.76 Å². The van der Waals surface area contributed by atoms with Gasteiger partial charge in [0.15, 0.2) is 5.78 Å². The molecular formula is C39H58N3O4+. The number of carbonyl (C=O) groups excluding carboxylic acids is 1. The molecule has 1 aliphatic carbocycles. The van der Waals surface area contributed by atoms with Gasteiger partial charge in [0.2, 0.25) is 6.33 Å². The third-order valence-corrected chi connectivity index (χ3v) is 8.61. The SMILES string of the molecule is CC.CC.CC.CC(=O)O.CCCC[n+]1ccn(-c2ccc3c(c2)C(C)(C(C)(C)C)C2=C4C=C5C=CC(=O)C=C5OC4CCN23)c1. The van der Waals surface area contributed by atoms with Crippen LogP contribution in [0, 0.1) is 5.41 Å². The van der Waals surface area contributed by atoms with Gasteiger partial charge >= 0.3 is 0 Å². The maximum atomic E-state index is 12.0. The zero-order chi connectivity index (χ0) is 34.8.